The van der Waals surface area contributed by atoms with Crippen LogP contribution in [0, 0.1) is 0 Å². The number of hydrogen-bond acceptors (Lipinski definition) is 0. The maximum atomic E-state index is 3.71. The van der Waals surface area contributed by atoms with E-state index in [1.54, 1.807) is 0 Å². The Hall–Kier alpha value is -1.69. The van der Waals surface area contributed by atoms with Crippen LogP contribution < -0.4 is 0 Å². The number of allylic oxidation sites excluding steroid dienone is 1. The highest BCUT2D eigenvalue weighted by molar-refractivity contribution is 9.36. The second kappa shape index (κ2) is 8.24. The van der Waals surface area contributed by atoms with Crippen LogP contribution in [-0.2, 0) is 0 Å². The third kappa shape index (κ3) is 4.19. The molecule has 0 saturated heterocycles. The predicted molar refractivity (Wildman–Crippen MR) is 106 cm³/mol. The lowest BCUT2D eigenvalue weighted by Crippen LogP contribution is -1.92. The first kappa shape index (κ1) is 16.2. The standard InChI is InChI=1S/C21H18BrP/c22-23-21(19-14-8-3-9-15-19)16-20(17-10-4-1-5-11-17)18-12-6-2-7-13-18/h1-16,21,23H. The number of rotatable bonds is 5. The largest absolute Gasteiger partial charge is 0.0637 e. The van der Waals surface area contributed by atoms with Crippen molar-refractivity contribution >= 4 is 28.3 Å². The fourth-order valence-corrected chi connectivity index (χ4v) is 4.35. The van der Waals surface area contributed by atoms with E-state index in [2.05, 4.69) is 113 Å². The topological polar surface area (TPSA) is 0 Å². The highest BCUT2D eigenvalue weighted by Gasteiger charge is 2.11. The van der Waals surface area contributed by atoms with Crippen LogP contribution in [0.1, 0.15) is 22.3 Å². The zero-order valence-electron chi connectivity index (χ0n) is 12.7. The lowest BCUT2D eigenvalue weighted by Gasteiger charge is -2.15. The van der Waals surface area contributed by atoms with Crippen molar-refractivity contribution in [3.05, 3.63) is 114 Å². The van der Waals surface area contributed by atoms with Gasteiger partial charge in [0.05, 0.1) is 0 Å². The Morgan fingerprint density at radius 3 is 1.57 bits per heavy atom. The lowest BCUT2D eigenvalue weighted by molar-refractivity contribution is 1.23. The van der Waals surface area contributed by atoms with Crippen LogP contribution in [0.25, 0.3) is 5.57 Å². The molecule has 2 atom stereocenters. The van der Waals surface area contributed by atoms with E-state index in [1.807, 2.05) is 0 Å². The zero-order valence-corrected chi connectivity index (χ0v) is 15.3. The van der Waals surface area contributed by atoms with Crippen molar-refractivity contribution in [1.29, 1.82) is 0 Å². The molecule has 114 valence electrons. The molecule has 2 heteroatoms. The average molecular weight is 381 g/mol. The quantitative estimate of drug-likeness (QED) is 0.424. The van der Waals surface area contributed by atoms with Gasteiger partial charge in [0.2, 0.25) is 0 Å². The first-order valence-electron chi connectivity index (χ1n) is 7.62. The normalized spacial score (nSPS) is 12.2. The SMILES string of the molecule is BrPC(C=C(c1ccccc1)c1ccccc1)c1ccccc1. The van der Waals surface area contributed by atoms with E-state index < -0.39 is 0 Å². The van der Waals surface area contributed by atoms with Crippen LogP contribution in [0.15, 0.2) is 97.1 Å². The molecule has 0 aliphatic heterocycles. The van der Waals surface area contributed by atoms with E-state index in [1.165, 1.54) is 22.3 Å². The van der Waals surface area contributed by atoms with Crippen LogP contribution in [-0.4, -0.2) is 0 Å². The summed E-state index contributed by atoms with van der Waals surface area (Å²) in [6.45, 7) is 0. The molecule has 0 spiro atoms. The molecule has 0 nitrogen and oxygen atoms in total. The van der Waals surface area contributed by atoms with E-state index in [-0.39, 0.29) is 0 Å². The van der Waals surface area contributed by atoms with Crippen molar-refractivity contribution in [3.8, 4) is 0 Å². The third-order valence-electron chi connectivity index (χ3n) is 3.78. The van der Waals surface area contributed by atoms with E-state index in [0.717, 1.165) is 0 Å². The summed E-state index contributed by atoms with van der Waals surface area (Å²) in [6, 6.07) is 31.9. The van der Waals surface area contributed by atoms with Crippen LogP contribution in [0.2, 0.25) is 0 Å². The van der Waals surface area contributed by atoms with Crippen molar-refractivity contribution in [3.63, 3.8) is 0 Å². The van der Waals surface area contributed by atoms with E-state index in [0.29, 0.717) is 12.9 Å². The molecule has 0 aliphatic rings. The summed E-state index contributed by atoms with van der Waals surface area (Å²) in [7, 11) is 0.645. The van der Waals surface area contributed by atoms with Crippen LogP contribution in [0.4, 0.5) is 0 Å². The van der Waals surface area contributed by atoms with Gasteiger partial charge in [-0.3, -0.25) is 0 Å². The molecule has 3 rings (SSSR count). The van der Waals surface area contributed by atoms with E-state index in [4.69, 9.17) is 0 Å². The molecule has 0 bridgehead atoms. The van der Waals surface area contributed by atoms with Gasteiger partial charge in [-0.05, 0) is 29.5 Å². The van der Waals surface area contributed by atoms with Gasteiger partial charge in [0.25, 0.3) is 0 Å². The molecule has 0 aromatic heterocycles. The van der Waals surface area contributed by atoms with Crippen molar-refractivity contribution in [2.45, 2.75) is 5.66 Å². The molecule has 3 aromatic rings. The monoisotopic (exact) mass is 380 g/mol. The molecular weight excluding hydrogens is 363 g/mol. The summed E-state index contributed by atoms with van der Waals surface area (Å²) in [5, 5.41) is 0. The van der Waals surface area contributed by atoms with E-state index >= 15 is 0 Å². The molecule has 0 amide bonds. The molecule has 0 saturated carbocycles. The minimum absolute atomic E-state index is 0.367. The van der Waals surface area contributed by atoms with Crippen LogP contribution in [0.3, 0.4) is 0 Å². The number of hydrogen-bond donors (Lipinski definition) is 0. The summed E-state index contributed by atoms with van der Waals surface area (Å²) in [5.41, 5.74) is 5.50. The third-order valence-corrected chi connectivity index (χ3v) is 5.99. The first-order chi connectivity index (χ1) is 11.4. The summed E-state index contributed by atoms with van der Waals surface area (Å²) in [5.74, 6) is 0. The Labute approximate surface area is 147 Å². The number of benzene rings is 3. The van der Waals surface area contributed by atoms with Crippen molar-refractivity contribution in [2.24, 2.45) is 0 Å². The van der Waals surface area contributed by atoms with Gasteiger partial charge in [0.1, 0.15) is 0 Å². The zero-order chi connectivity index (χ0) is 15.9. The van der Waals surface area contributed by atoms with Gasteiger partial charge in [-0.15, -0.1) is 0 Å². The molecular formula is C21H18BrP. The molecule has 0 N–H and O–H groups in total. The van der Waals surface area contributed by atoms with Gasteiger partial charge < -0.3 is 0 Å². The van der Waals surface area contributed by atoms with Crippen LogP contribution >= 0.6 is 22.8 Å². The summed E-state index contributed by atoms with van der Waals surface area (Å²) in [6.07, 6.45) is 2.38. The Kier molecular flexibility index (Phi) is 5.80. The van der Waals surface area contributed by atoms with Crippen molar-refractivity contribution in [2.75, 3.05) is 0 Å². The van der Waals surface area contributed by atoms with Crippen LogP contribution in [0.5, 0.6) is 0 Å². The molecule has 0 radical (unpaired) electrons. The fourth-order valence-electron chi connectivity index (χ4n) is 2.61. The maximum absolute atomic E-state index is 3.71. The highest BCUT2D eigenvalue weighted by atomic mass is 79.9. The highest BCUT2D eigenvalue weighted by Crippen LogP contribution is 2.43. The molecule has 0 heterocycles. The Bertz CT molecular complexity index is 710. The van der Waals surface area contributed by atoms with Gasteiger partial charge in [0.15, 0.2) is 0 Å². The van der Waals surface area contributed by atoms with E-state index in [9.17, 15) is 0 Å². The summed E-state index contributed by atoms with van der Waals surface area (Å²) in [4.78, 5) is 0. The van der Waals surface area contributed by atoms with Gasteiger partial charge in [-0.2, -0.15) is 0 Å². The molecule has 2 unspecified atom stereocenters. The minimum atomic E-state index is 0.367. The predicted octanol–water partition coefficient (Wildman–Crippen LogP) is 6.85. The average Bonchev–Trinajstić information content (AvgIpc) is 2.65. The van der Waals surface area contributed by atoms with Crippen molar-refractivity contribution in [1.82, 2.24) is 0 Å². The Morgan fingerprint density at radius 1 is 0.696 bits per heavy atom. The fraction of sp³-hybridized carbons (Fsp3) is 0.0476. The van der Waals surface area contributed by atoms with Gasteiger partial charge in [0, 0.05) is 5.66 Å². The lowest BCUT2D eigenvalue weighted by atomic mass is 9.96. The molecule has 0 aliphatic carbocycles. The first-order valence-corrected chi connectivity index (χ1v) is 11.0. The van der Waals surface area contributed by atoms with Gasteiger partial charge in [-0.1, -0.05) is 113 Å². The Balaban J connectivity index is 2.07. The van der Waals surface area contributed by atoms with Gasteiger partial charge >= 0.3 is 0 Å². The summed E-state index contributed by atoms with van der Waals surface area (Å²) >= 11 is 3.71. The maximum Gasteiger partial charge on any atom is 0.0301 e. The second-order valence-electron chi connectivity index (χ2n) is 5.31. The minimum Gasteiger partial charge on any atom is -0.0637 e. The number of halogens is 1. The molecule has 0 fully saturated rings. The second-order valence-corrected chi connectivity index (χ2v) is 7.52. The summed E-state index contributed by atoms with van der Waals surface area (Å²) < 4.78 is 0. The Morgan fingerprint density at radius 2 is 1.13 bits per heavy atom. The molecule has 3 aromatic carbocycles. The van der Waals surface area contributed by atoms with Gasteiger partial charge in [-0.25, -0.2) is 0 Å². The smallest absolute Gasteiger partial charge is 0.0301 e. The molecule has 23 heavy (non-hydrogen) atoms. The van der Waals surface area contributed by atoms with Crippen molar-refractivity contribution < 1.29 is 0 Å².